The third-order valence-electron chi connectivity index (χ3n) is 4.15. The van der Waals surface area contributed by atoms with Gasteiger partial charge in [-0.2, -0.15) is 0 Å². The summed E-state index contributed by atoms with van der Waals surface area (Å²) in [6, 6.07) is 4.09. The van der Waals surface area contributed by atoms with E-state index in [1.807, 2.05) is 0 Å². The summed E-state index contributed by atoms with van der Waals surface area (Å²) in [7, 11) is 1.00. The maximum Gasteiger partial charge on any atom is 0.319 e. The van der Waals surface area contributed by atoms with Crippen molar-refractivity contribution in [2.24, 2.45) is 5.92 Å². The summed E-state index contributed by atoms with van der Waals surface area (Å²) in [6.07, 6.45) is 0.886. The van der Waals surface area contributed by atoms with Crippen LogP contribution >= 0.6 is 0 Å². The van der Waals surface area contributed by atoms with Gasteiger partial charge in [-0.15, -0.1) is 0 Å². The Hall–Kier alpha value is -3.20. The van der Waals surface area contributed by atoms with Crippen molar-refractivity contribution in [3.63, 3.8) is 0 Å². The van der Waals surface area contributed by atoms with Crippen LogP contribution in [0.1, 0.15) is 18.9 Å². The van der Waals surface area contributed by atoms with Crippen molar-refractivity contribution < 1.29 is 44.0 Å². The first-order chi connectivity index (χ1) is 13.2. The quantitative estimate of drug-likeness (QED) is 0.169. The third kappa shape index (κ3) is 5.40. The predicted molar refractivity (Wildman–Crippen MR) is 95.4 cm³/mol. The monoisotopic (exact) mass is 394 g/mol. The number of hydrogen-bond donors (Lipinski definition) is 3. The Kier molecular flexibility index (Phi) is 8.33. The SMILES string of the molecule is C/C=C(/C=O)[C@](O)(CC(=O)OCCc1ccc(O)c(O)c1)C(C=O)C(=O)OC. The molecule has 1 rings (SSSR count). The minimum Gasteiger partial charge on any atom is -0.504 e. The fraction of sp³-hybridized carbons (Fsp3) is 0.368. The molecule has 0 spiro atoms. The second kappa shape index (κ2) is 10.2. The number of benzene rings is 1. The van der Waals surface area contributed by atoms with Crippen molar-refractivity contribution in [3.8, 4) is 11.5 Å². The van der Waals surface area contributed by atoms with Gasteiger partial charge < -0.3 is 29.6 Å². The number of esters is 2. The molecule has 3 N–H and O–H groups in total. The highest BCUT2D eigenvalue weighted by Gasteiger charge is 2.47. The maximum atomic E-state index is 12.2. The summed E-state index contributed by atoms with van der Waals surface area (Å²) in [5.74, 6) is -4.47. The van der Waals surface area contributed by atoms with Gasteiger partial charge in [0.2, 0.25) is 0 Å². The lowest BCUT2D eigenvalue weighted by Crippen LogP contribution is -2.48. The first-order valence-electron chi connectivity index (χ1n) is 8.27. The molecule has 28 heavy (non-hydrogen) atoms. The molecule has 0 radical (unpaired) electrons. The fourth-order valence-electron chi connectivity index (χ4n) is 2.58. The minimum atomic E-state index is -2.42. The van der Waals surface area contributed by atoms with Crippen molar-refractivity contribution in [3.05, 3.63) is 35.4 Å². The average molecular weight is 394 g/mol. The second-order valence-electron chi connectivity index (χ2n) is 5.89. The highest BCUT2D eigenvalue weighted by atomic mass is 16.5. The molecule has 0 saturated heterocycles. The standard InChI is InChI=1S/C19H22O9/c1-3-13(10-20)19(26,14(11-21)18(25)27-2)9-17(24)28-7-6-12-4-5-15(22)16(23)8-12/h3-5,8,10-11,14,22-23,26H,6-7,9H2,1-2H3/b13-3-/t14?,19-/m1/s1. The second-order valence-corrected chi connectivity index (χ2v) is 5.89. The van der Waals surface area contributed by atoms with Crippen LogP contribution in [-0.4, -0.2) is 59.1 Å². The van der Waals surface area contributed by atoms with Crippen LogP contribution in [0.4, 0.5) is 0 Å². The molecule has 0 aliphatic heterocycles. The van der Waals surface area contributed by atoms with Gasteiger partial charge in [0.1, 0.15) is 24.1 Å². The van der Waals surface area contributed by atoms with E-state index < -0.39 is 29.9 Å². The molecule has 9 heteroatoms. The first-order valence-corrected chi connectivity index (χ1v) is 8.27. The Balaban J connectivity index is 2.88. The highest BCUT2D eigenvalue weighted by molar-refractivity contribution is 5.94. The molecule has 0 aromatic heterocycles. The lowest BCUT2D eigenvalue weighted by atomic mass is 9.79. The molecule has 2 atom stereocenters. The van der Waals surface area contributed by atoms with E-state index in [1.54, 1.807) is 0 Å². The van der Waals surface area contributed by atoms with Crippen molar-refractivity contribution in [2.75, 3.05) is 13.7 Å². The van der Waals surface area contributed by atoms with E-state index in [0.29, 0.717) is 5.56 Å². The van der Waals surface area contributed by atoms with Gasteiger partial charge in [-0.05, 0) is 24.6 Å². The van der Waals surface area contributed by atoms with Crippen LogP contribution in [0.15, 0.2) is 29.8 Å². The van der Waals surface area contributed by atoms with Gasteiger partial charge in [0, 0.05) is 12.0 Å². The summed E-state index contributed by atoms with van der Waals surface area (Å²) in [4.78, 5) is 46.6. The average Bonchev–Trinajstić information content (AvgIpc) is 2.65. The molecular weight excluding hydrogens is 372 g/mol. The molecule has 0 aliphatic carbocycles. The first kappa shape index (κ1) is 22.8. The zero-order chi connectivity index (χ0) is 21.3. The van der Waals surface area contributed by atoms with Gasteiger partial charge in [-0.1, -0.05) is 12.1 Å². The zero-order valence-corrected chi connectivity index (χ0v) is 15.5. The zero-order valence-electron chi connectivity index (χ0n) is 15.5. The number of phenolic OH excluding ortho intramolecular Hbond substituents is 2. The van der Waals surface area contributed by atoms with E-state index in [0.717, 1.165) is 7.11 Å². The molecule has 0 fully saturated rings. The van der Waals surface area contributed by atoms with Crippen molar-refractivity contribution in [2.45, 2.75) is 25.4 Å². The number of aliphatic hydroxyl groups is 1. The lowest BCUT2D eigenvalue weighted by molar-refractivity contribution is -0.160. The fourth-order valence-corrected chi connectivity index (χ4v) is 2.58. The molecule has 152 valence electrons. The summed E-state index contributed by atoms with van der Waals surface area (Å²) < 4.78 is 9.47. The van der Waals surface area contributed by atoms with Crippen LogP contribution in [-0.2, 0) is 35.1 Å². The summed E-state index contributed by atoms with van der Waals surface area (Å²) >= 11 is 0. The van der Waals surface area contributed by atoms with Crippen LogP contribution in [0.3, 0.4) is 0 Å². The largest absolute Gasteiger partial charge is 0.504 e. The molecule has 0 bridgehead atoms. The van der Waals surface area contributed by atoms with Gasteiger partial charge >= 0.3 is 11.9 Å². The van der Waals surface area contributed by atoms with Gasteiger partial charge in [-0.3, -0.25) is 14.4 Å². The van der Waals surface area contributed by atoms with E-state index >= 15 is 0 Å². The van der Waals surface area contributed by atoms with Crippen molar-refractivity contribution in [1.82, 2.24) is 0 Å². The topological polar surface area (TPSA) is 147 Å². The van der Waals surface area contributed by atoms with Gasteiger partial charge in [-0.25, -0.2) is 0 Å². The van der Waals surface area contributed by atoms with Crippen LogP contribution in [0.25, 0.3) is 0 Å². The number of rotatable bonds is 10. The molecule has 9 nitrogen and oxygen atoms in total. The van der Waals surface area contributed by atoms with Crippen LogP contribution in [0.5, 0.6) is 11.5 Å². The Morgan fingerprint density at radius 2 is 1.89 bits per heavy atom. The molecule has 0 saturated carbocycles. The Labute approximate surface area is 161 Å². The number of phenols is 2. The normalized spacial score (nSPS) is 14.5. The smallest absolute Gasteiger partial charge is 0.319 e. The Morgan fingerprint density at radius 1 is 1.21 bits per heavy atom. The number of aldehydes is 2. The van der Waals surface area contributed by atoms with Gasteiger partial charge in [0.15, 0.2) is 11.5 Å². The van der Waals surface area contributed by atoms with E-state index in [4.69, 9.17) is 4.74 Å². The lowest BCUT2D eigenvalue weighted by Gasteiger charge is -2.31. The summed E-state index contributed by atoms with van der Waals surface area (Å²) in [5, 5.41) is 29.5. The summed E-state index contributed by atoms with van der Waals surface area (Å²) in [5.41, 5.74) is -2.18. The highest BCUT2D eigenvalue weighted by Crippen LogP contribution is 2.30. The van der Waals surface area contributed by atoms with Crippen molar-refractivity contribution in [1.29, 1.82) is 0 Å². The van der Waals surface area contributed by atoms with Crippen LogP contribution in [0, 0.1) is 5.92 Å². The van der Waals surface area contributed by atoms with Crippen molar-refractivity contribution >= 4 is 24.5 Å². The van der Waals surface area contributed by atoms with E-state index in [-0.39, 0.29) is 42.7 Å². The number of carbonyl (C=O) groups is 4. The van der Waals surface area contributed by atoms with Crippen LogP contribution < -0.4 is 0 Å². The number of ether oxygens (including phenoxy) is 2. The minimum absolute atomic E-state index is 0.103. The third-order valence-corrected chi connectivity index (χ3v) is 4.15. The van der Waals surface area contributed by atoms with E-state index in [1.165, 1.54) is 31.2 Å². The molecule has 1 aromatic carbocycles. The molecule has 0 amide bonds. The number of aromatic hydroxyl groups is 2. The molecule has 0 heterocycles. The number of hydrogen-bond acceptors (Lipinski definition) is 9. The van der Waals surface area contributed by atoms with E-state index in [2.05, 4.69) is 4.74 Å². The van der Waals surface area contributed by atoms with Gasteiger partial charge in [0.05, 0.1) is 20.1 Å². The Morgan fingerprint density at radius 3 is 2.39 bits per heavy atom. The van der Waals surface area contributed by atoms with Crippen LogP contribution in [0.2, 0.25) is 0 Å². The predicted octanol–water partition coefficient (Wildman–Crippen LogP) is 0.438. The Bertz CT molecular complexity index is 769. The van der Waals surface area contributed by atoms with E-state index in [9.17, 15) is 34.5 Å². The molecule has 1 unspecified atom stereocenters. The van der Waals surface area contributed by atoms with Gasteiger partial charge in [0.25, 0.3) is 0 Å². The maximum absolute atomic E-state index is 12.2. The molecule has 1 aromatic rings. The number of allylic oxidation sites excluding steroid dienone is 1. The summed E-state index contributed by atoms with van der Waals surface area (Å²) in [6.45, 7) is 1.26. The molecular formula is C19H22O9. The molecule has 0 aliphatic rings. The number of methoxy groups -OCH3 is 1. The number of carbonyl (C=O) groups excluding carboxylic acids is 4.